The van der Waals surface area contributed by atoms with Crippen molar-refractivity contribution < 1.29 is 14.3 Å². The maximum atomic E-state index is 12.4. The van der Waals surface area contributed by atoms with Crippen molar-refractivity contribution in [1.29, 1.82) is 0 Å². The lowest BCUT2D eigenvalue weighted by atomic mass is 9.93. The highest BCUT2D eigenvalue weighted by molar-refractivity contribution is 9.10. The van der Waals surface area contributed by atoms with Crippen molar-refractivity contribution in [3.8, 4) is 11.5 Å². The highest BCUT2D eigenvalue weighted by Gasteiger charge is 2.29. The molecule has 3 rings (SSSR count). The van der Waals surface area contributed by atoms with E-state index in [1.54, 1.807) is 32.4 Å². The summed E-state index contributed by atoms with van der Waals surface area (Å²) in [6.07, 6.45) is 0.872. The van der Waals surface area contributed by atoms with Gasteiger partial charge in [-0.25, -0.2) is 0 Å². The Hall–Kier alpha value is -2.21. The zero-order valence-electron chi connectivity index (χ0n) is 15.1. The second-order valence-corrected chi connectivity index (χ2v) is 7.21. The van der Waals surface area contributed by atoms with E-state index < -0.39 is 0 Å². The van der Waals surface area contributed by atoms with Crippen LogP contribution in [0.4, 0.5) is 5.69 Å². The van der Waals surface area contributed by atoms with Crippen molar-refractivity contribution in [3.05, 3.63) is 52.0 Å². The Kier molecular flexibility index (Phi) is 5.71. The first-order chi connectivity index (χ1) is 12.5. The van der Waals surface area contributed by atoms with Gasteiger partial charge in [-0.2, -0.15) is 0 Å². The summed E-state index contributed by atoms with van der Waals surface area (Å²) in [5, 5.41) is 6.53. The molecular weight excluding hydrogens is 396 g/mol. The van der Waals surface area contributed by atoms with E-state index >= 15 is 0 Å². The van der Waals surface area contributed by atoms with Crippen LogP contribution in [-0.4, -0.2) is 32.7 Å². The first-order valence-electron chi connectivity index (χ1n) is 8.60. The number of rotatable bonds is 6. The van der Waals surface area contributed by atoms with Crippen LogP contribution in [0.2, 0.25) is 0 Å². The number of methoxy groups -OCH3 is 2. The Balaban J connectivity index is 1.62. The van der Waals surface area contributed by atoms with Crippen molar-refractivity contribution in [2.75, 3.05) is 26.1 Å². The summed E-state index contributed by atoms with van der Waals surface area (Å²) < 4.78 is 11.5. The molecule has 2 unspecified atom stereocenters. The van der Waals surface area contributed by atoms with Gasteiger partial charge in [-0.1, -0.05) is 12.1 Å². The molecule has 26 heavy (non-hydrogen) atoms. The van der Waals surface area contributed by atoms with Gasteiger partial charge in [-0.15, -0.1) is 0 Å². The number of amides is 1. The first-order valence-corrected chi connectivity index (χ1v) is 9.39. The number of hydrogen-bond donors (Lipinski definition) is 2. The molecule has 2 atom stereocenters. The van der Waals surface area contributed by atoms with Crippen molar-refractivity contribution >= 4 is 27.5 Å². The van der Waals surface area contributed by atoms with E-state index in [9.17, 15) is 4.79 Å². The van der Waals surface area contributed by atoms with Gasteiger partial charge in [-0.3, -0.25) is 4.79 Å². The van der Waals surface area contributed by atoms with E-state index in [0.29, 0.717) is 35.6 Å². The molecule has 2 N–H and O–H groups in total. The van der Waals surface area contributed by atoms with Crippen molar-refractivity contribution in [1.82, 2.24) is 5.32 Å². The molecule has 5 nitrogen and oxygen atoms in total. The SMILES string of the molecule is COc1ccc(C(=O)NCCC2c3cccc(Br)c3NC2C)cc1OC. The molecule has 0 fully saturated rings. The zero-order valence-corrected chi connectivity index (χ0v) is 16.7. The predicted molar refractivity (Wildman–Crippen MR) is 106 cm³/mol. The Morgan fingerprint density at radius 1 is 1.19 bits per heavy atom. The number of nitrogens with one attached hydrogen (secondary N) is 2. The molecule has 1 aliphatic rings. The second-order valence-electron chi connectivity index (χ2n) is 6.36. The highest BCUT2D eigenvalue weighted by Crippen LogP contribution is 2.41. The number of hydrogen-bond acceptors (Lipinski definition) is 4. The Morgan fingerprint density at radius 2 is 1.96 bits per heavy atom. The average Bonchev–Trinajstić information content (AvgIpc) is 2.98. The summed E-state index contributed by atoms with van der Waals surface area (Å²) in [6, 6.07) is 11.8. The number of halogens is 1. The fraction of sp³-hybridized carbons (Fsp3) is 0.350. The average molecular weight is 419 g/mol. The van der Waals surface area contributed by atoms with E-state index in [4.69, 9.17) is 9.47 Å². The van der Waals surface area contributed by atoms with Gasteiger partial charge >= 0.3 is 0 Å². The fourth-order valence-corrected chi connectivity index (χ4v) is 3.92. The van der Waals surface area contributed by atoms with E-state index in [0.717, 1.165) is 16.6 Å². The smallest absolute Gasteiger partial charge is 0.251 e. The van der Waals surface area contributed by atoms with Crippen LogP contribution in [0.3, 0.4) is 0 Å². The number of carbonyl (C=O) groups is 1. The predicted octanol–water partition coefficient (Wildman–Crippen LogP) is 4.18. The van der Waals surface area contributed by atoms with Crippen LogP contribution in [0.25, 0.3) is 0 Å². The lowest BCUT2D eigenvalue weighted by molar-refractivity contribution is 0.0952. The van der Waals surface area contributed by atoms with E-state index in [1.165, 1.54) is 5.56 Å². The molecule has 2 aromatic rings. The minimum absolute atomic E-state index is 0.112. The molecule has 138 valence electrons. The van der Waals surface area contributed by atoms with Crippen molar-refractivity contribution in [2.24, 2.45) is 0 Å². The molecule has 0 radical (unpaired) electrons. The van der Waals surface area contributed by atoms with Crippen LogP contribution >= 0.6 is 15.9 Å². The number of ether oxygens (including phenoxy) is 2. The van der Waals surface area contributed by atoms with Crippen LogP contribution in [-0.2, 0) is 0 Å². The van der Waals surface area contributed by atoms with Gasteiger partial charge in [0.05, 0.1) is 19.9 Å². The van der Waals surface area contributed by atoms with E-state index in [-0.39, 0.29) is 5.91 Å². The van der Waals surface area contributed by atoms with Crippen LogP contribution in [0.1, 0.15) is 35.2 Å². The quantitative estimate of drug-likeness (QED) is 0.738. The van der Waals surface area contributed by atoms with Crippen molar-refractivity contribution in [3.63, 3.8) is 0 Å². The third kappa shape index (κ3) is 3.65. The monoisotopic (exact) mass is 418 g/mol. The van der Waals surface area contributed by atoms with Gasteiger partial charge in [0, 0.05) is 28.5 Å². The Bertz CT molecular complexity index is 810. The third-order valence-corrected chi connectivity index (χ3v) is 5.47. The lowest BCUT2D eigenvalue weighted by Crippen LogP contribution is -2.27. The number of carbonyl (C=O) groups excluding carboxylic acids is 1. The molecule has 0 saturated heterocycles. The number of anilines is 1. The van der Waals surface area contributed by atoms with Gasteiger partial charge in [-0.05, 0) is 59.1 Å². The fourth-order valence-electron chi connectivity index (χ4n) is 3.43. The van der Waals surface area contributed by atoms with Crippen LogP contribution < -0.4 is 20.1 Å². The summed E-state index contributed by atoms with van der Waals surface area (Å²) in [7, 11) is 3.13. The molecule has 0 aromatic heterocycles. The molecule has 1 heterocycles. The highest BCUT2D eigenvalue weighted by atomic mass is 79.9. The Labute approximate surface area is 162 Å². The zero-order chi connectivity index (χ0) is 18.7. The second kappa shape index (κ2) is 7.99. The standard InChI is InChI=1S/C20H23BrN2O3/c1-12-14(15-5-4-6-16(21)19(15)23-12)9-10-22-20(24)13-7-8-17(25-2)18(11-13)26-3/h4-8,11-12,14,23H,9-10H2,1-3H3,(H,22,24). The maximum absolute atomic E-state index is 12.4. The molecule has 1 amide bonds. The summed E-state index contributed by atoms with van der Waals surface area (Å²) in [6.45, 7) is 2.78. The molecule has 0 spiro atoms. The third-order valence-electron chi connectivity index (χ3n) is 4.81. The molecule has 0 aliphatic carbocycles. The number of benzene rings is 2. The van der Waals surface area contributed by atoms with E-state index in [2.05, 4.69) is 45.6 Å². The van der Waals surface area contributed by atoms with Gasteiger partial charge in [0.1, 0.15) is 0 Å². The number of para-hydroxylation sites is 1. The van der Waals surface area contributed by atoms with Gasteiger partial charge in [0.25, 0.3) is 5.91 Å². The molecule has 0 bridgehead atoms. The van der Waals surface area contributed by atoms with Gasteiger partial charge in [0.15, 0.2) is 11.5 Å². The molecule has 0 saturated carbocycles. The largest absolute Gasteiger partial charge is 0.493 e. The minimum Gasteiger partial charge on any atom is -0.493 e. The van der Waals surface area contributed by atoms with Gasteiger partial charge in [0.2, 0.25) is 0 Å². The number of fused-ring (bicyclic) bond motifs is 1. The summed E-state index contributed by atoms with van der Waals surface area (Å²) in [4.78, 5) is 12.4. The summed E-state index contributed by atoms with van der Waals surface area (Å²) >= 11 is 3.60. The van der Waals surface area contributed by atoms with Crippen LogP contribution in [0.5, 0.6) is 11.5 Å². The normalized spacial score (nSPS) is 18.0. The van der Waals surface area contributed by atoms with Gasteiger partial charge < -0.3 is 20.1 Å². The minimum atomic E-state index is -0.112. The molecule has 1 aliphatic heterocycles. The van der Waals surface area contributed by atoms with Crippen LogP contribution in [0.15, 0.2) is 40.9 Å². The topological polar surface area (TPSA) is 59.6 Å². The molecular formula is C20H23BrN2O3. The molecule has 6 heteroatoms. The molecule has 2 aromatic carbocycles. The maximum Gasteiger partial charge on any atom is 0.251 e. The van der Waals surface area contributed by atoms with Crippen molar-refractivity contribution in [2.45, 2.75) is 25.3 Å². The first kappa shape index (κ1) is 18.6. The van der Waals surface area contributed by atoms with Crippen LogP contribution in [0, 0.1) is 0 Å². The summed E-state index contributed by atoms with van der Waals surface area (Å²) in [5.41, 5.74) is 3.02. The van der Waals surface area contributed by atoms with E-state index in [1.807, 2.05) is 6.07 Å². The Morgan fingerprint density at radius 3 is 2.69 bits per heavy atom. The lowest BCUT2D eigenvalue weighted by Gasteiger charge is -2.16. The summed E-state index contributed by atoms with van der Waals surface area (Å²) in [5.74, 6) is 1.41.